The smallest absolute Gasteiger partial charge is 0.253 e. The van der Waals surface area contributed by atoms with Crippen LogP contribution in [-0.2, 0) is 9.59 Å². The Morgan fingerprint density at radius 2 is 1.81 bits per heavy atom. The van der Waals surface area contributed by atoms with E-state index in [0.29, 0.717) is 11.3 Å². The van der Waals surface area contributed by atoms with Gasteiger partial charge in [0, 0.05) is 31.3 Å². The Morgan fingerprint density at radius 1 is 1.14 bits per heavy atom. The maximum atomic E-state index is 11.9. The first-order chi connectivity index (χ1) is 9.90. The minimum Gasteiger partial charge on any atom is -0.352 e. The van der Waals surface area contributed by atoms with E-state index in [1.165, 1.54) is 6.92 Å². The van der Waals surface area contributed by atoms with E-state index >= 15 is 0 Å². The second-order valence-corrected chi connectivity index (χ2v) is 5.21. The van der Waals surface area contributed by atoms with Gasteiger partial charge in [-0.3, -0.25) is 14.4 Å². The molecule has 0 radical (unpaired) electrons. The van der Waals surface area contributed by atoms with Crippen molar-refractivity contribution in [1.82, 2.24) is 10.6 Å². The van der Waals surface area contributed by atoms with E-state index < -0.39 is 10.7 Å². The van der Waals surface area contributed by atoms with Gasteiger partial charge >= 0.3 is 0 Å². The van der Waals surface area contributed by atoms with Crippen LogP contribution in [0.2, 0.25) is 0 Å². The summed E-state index contributed by atoms with van der Waals surface area (Å²) < 4.78 is 0. The number of benzene rings is 1. The van der Waals surface area contributed by atoms with Gasteiger partial charge in [0.15, 0.2) is 4.84 Å². The summed E-state index contributed by atoms with van der Waals surface area (Å²) >= 11 is 10.7. The summed E-state index contributed by atoms with van der Waals surface area (Å²) in [6.45, 7) is 1.83. The van der Waals surface area contributed by atoms with Gasteiger partial charge in [-0.15, -0.1) is 0 Å². The predicted molar refractivity (Wildman–Crippen MR) is 81.6 cm³/mol. The molecule has 0 atom stereocenters. The highest BCUT2D eigenvalue weighted by atomic mass is 35.5. The molecule has 0 spiro atoms. The maximum absolute atomic E-state index is 11.9. The summed E-state index contributed by atoms with van der Waals surface area (Å²) in [5.74, 6) is -1.04. The van der Waals surface area contributed by atoms with E-state index in [4.69, 9.17) is 23.2 Å². The zero-order valence-corrected chi connectivity index (χ0v) is 12.8. The average Bonchev–Trinajstić information content (AvgIpc) is 2.42. The molecular formula is C13H15Cl2N3O3. The molecule has 21 heavy (non-hydrogen) atoms. The van der Waals surface area contributed by atoms with Crippen molar-refractivity contribution in [3.63, 3.8) is 0 Å². The topological polar surface area (TPSA) is 87.3 Å². The van der Waals surface area contributed by atoms with Crippen molar-refractivity contribution in [1.29, 1.82) is 0 Å². The number of hydrogen-bond acceptors (Lipinski definition) is 3. The lowest BCUT2D eigenvalue weighted by Crippen LogP contribution is -2.36. The molecule has 1 aromatic carbocycles. The maximum Gasteiger partial charge on any atom is 0.253 e. The summed E-state index contributed by atoms with van der Waals surface area (Å²) in [6, 6.07) is 6.52. The van der Waals surface area contributed by atoms with E-state index in [1.54, 1.807) is 24.3 Å². The van der Waals surface area contributed by atoms with Crippen molar-refractivity contribution in [2.24, 2.45) is 0 Å². The van der Waals surface area contributed by atoms with Gasteiger partial charge in [-0.1, -0.05) is 29.3 Å². The van der Waals surface area contributed by atoms with Gasteiger partial charge in [0.2, 0.25) is 5.91 Å². The van der Waals surface area contributed by atoms with Crippen LogP contribution < -0.4 is 16.0 Å². The average molecular weight is 332 g/mol. The van der Waals surface area contributed by atoms with E-state index in [2.05, 4.69) is 16.0 Å². The molecule has 0 unspecified atom stereocenters. The van der Waals surface area contributed by atoms with E-state index in [0.717, 1.165) is 0 Å². The third-order valence-corrected chi connectivity index (χ3v) is 2.75. The molecule has 0 saturated heterocycles. The molecule has 3 N–H and O–H groups in total. The lowest BCUT2D eigenvalue weighted by molar-refractivity contribution is -0.119. The number of carbonyl (C=O) groups excluding carboxylic acids is 3. The van der Waals surface area contributed by atoms with Crippen molar-refractivity contribution in [2.45, 2.75) is 11.8 Å². The molecule has 0 heterocycles. The predicted octanol–water partition coefficient (Wildman–Crippen LogP) is 1.29. The Labute approximate surface area is 132 Å². The first-order valence-electron chi connectivity index (χ1n) is 6.12. The standard InChI is InChI=1S/C13H15Cl2N3O3/c1-8(19)18-10-4-2-3-9(7-10)12(20)16-5-6-17-13(21)11(14)15/h2-4,7,11H,5-6H2,1H3,(H,16,20)(H,17,21)(H,18,19). The van der Waals surface area contributed by atoms with Crippen LogP contribution in [0.3, 0.4) is 0 Å². The van der Waals surface area contributed by atoms with E-state index in [-0.39, 0.29) is 24.9 Å². The van der Waals surface area contributed by atoms with Crippen molar-refractivity contribution >= 4 is 46.6 Å². The minimum absolute atomic E-state index is 0.214. The second kappa shape index (κ2) is 8.49. The Morgan fingerprint density at radius 3 is 2.43 bits per heavy atom. The van der Waals surface area contributed by atoms with Crippen molar-refractivity contribution < 1.29 is 14.4 Å². The number of alkyl halides is 2. The SMILES string of the molecule is CC(=O)Nc1cccc(C(=O)NCCNC(=O)C(Cl)Cl)c1. The number of halogens is 2. The lowest BCUT2D eigenvalue weighted by Gasteiger charge is -2.08. The summed E-state index contributed by atoms with van der Waals surface area (Å²) in [4.78, 5) is 32.8. The van der Waals surface area contributed by atoms with Gasteiger partial charge in [-0.05, 0) is 18.2 Å². The summed E-state index contributed by atoms with van der Waals surface area (Å²) in [5.41, 5.74) is 0.940. The highest BCUT2D eigenvalue weighted by Gasteiger charge is 2.10. The fraction of sp³-hybridized carbons (Fsp3) is 0.308. The largest absolute Gasteiger partial charge is 0.352 e. The molecule has 0 aliphatic heterocycles. The second-order valence-electron chi connectivity index (χ2n) is 4.11. The Balaban J connectivity index is 2.45. The zero-order valence-electron chi connectivity index (χ0n) is 11.3. The molecule has 0 fully saturated rings. The Bertz CT molecular complexity index is 535. The molecule has 3 amide bonds. The Hall–Kier alpha value is -1.79. The van der Waals surface area contributed by atoms with Crippen molar-refractivity contribution in [3.8, 4) is 0 Å². The molecule has 0 aliphatic carbocycles. The van der Waals surface area contributed by atoms with Gasteiger partial charge in [-0.2, -0.15) is 0 Å². The first-order valence-corrected chi connectivity index (χ1v) is 6.99. The van der Waals surface area contributed by atoms with Crippen LogP contribution in [0.15, 0.2) is 24.3 Å². The van der Waals surface area contributed by atoms with Crippen LogP contribution in [0.4, 0.5) is 5.69 Å². The number of hydrogen-bond donors (Lipinski definition) is 3. The first kappa shape index (κ1) is 17.3. The Kier molecular flexibility index (Phi) is 6.98. The van der Waals surface area contributed by atoms with Crippen molar-refractivity contribution in [2.75, 3.05) is 18.4 Å². The molecule has 8 heteroatoms. The molecular weight excluding hydrogens is 317 g/mol. The molecule has 0 saturated carbocycles. The molecule has 114 valence electrons. The van der Waals surface area contributed by atoms with Gasteiger partial charge in [0.25, 0.3) is 11.8 Å². The van der Waals surface area contributed by atoms with E-state index in [1.807, 2.05) is 0 Å². The molecule has 1 rings (SSSR count). The molecule has 6 nitrogen and oxygen atoms in total. The fourth-order valence-corrected chi connectivity index (χ4v) is 1.64. The molecule has 0 aliphatic rings. The van der Waals surface area contributed by atoms with Crippen LogP contribution in [0.5, 0.6) is 0 Å². The third kappa shape index (κ3) is 6.46. The fourth-order valence-electron chi connectivity index (χ4n) is 1.48. The summed E-state index contributed by atoms with van der Waals surface area (Å²) in [7, 11) is 0. The van der Waals surface area contributed by atoms with Crippen molar-refractivity contribution in [3.05, 3.63) is 29.8 Å². The van der Waals surface area contributed by atoms with Gasteiger partial charge in [0.1, 0.15) is 0 Å². The van der Waals surface area contributed by atoms with Crippen LogP contribution >= 0.6 is 23.2 Å². The molecule has 1 aromatic rings. The zero-order chi connectivity index (χ0) is 15.8. The lowest BCUT2D eigenvalue weighted by atomic mass is 10.2. The van der Waals surface area contributed by atoms with Gasteiger partial charge in [-0.25, -0.2) is 0 Å². The minimum atomic E-state index is -1.13. The van der Waals surface area contributed by atoms with Gasteiger partial charge < -0.3 is 16.0 Å². The van der Waals surface area contributed by atoms with E-state index in [9.17, 15) is 14.4 Å². The molecule has 0 aromatic heterocycles. The van der Waals surface area contributed by atoms with Crippen LogP contribution in [-0.4, -0.2) is 35.6 Å². The number of nitrogens with one attached hydrogen (secondary N) is 3. The monoisotopic (exact) mass is 331 g/mol. The number of rotatable bonds is 6. The highest BCUT2D eigenvalue weighted by molar-refractivity contribution is 6.53. The number of anilines is 1. The quantitative estimate of drug-likeness (QED) is 0.542. The highest BCUT2D eigenvalue weighted by Crippen LogP contribution is 2.10. The normalized spacial score (nSPS) is 10.1. The van der Waals surface area contributed by atoms with Crippen LogP contribution in [0, 0.1) is 0 Å². The van der Waals surface area contributed by atoms with Crippen LogP contribution in [0.1, 0.15) is 17.3 Å². The number of amides is 3. The number of carbonyl (C=O) groups is 3. The summed E-state index contributed by atoms with van der Waals surface area (Å²) in [5, 5.41) is 7.66. The van der Waals surface area contributed by atoms with Gasteiger partial charge in [0.05, 0.1) is 0 Å². The third-order valence-electron chi connectivity index (χ3n) is 2.35. The summed E-state index contributed by atoms with van der Waals surface area (Å²) in [6.07, 6.45) is 0. The van der Waals surface area contributed by atoms with Crippen LogP contribution in [0.25, 0.3) is 0 Å². The molecule has 0 bridgehead atoms.